The predicted octanol–water partition coefficient (Wildman–Crippen LogP) is 7.02. The van der Waals surface area contributed by atoms with Crippen LogP contribution in [0.1, 0.15) is 80.6 Å². The van der Waals surface area contributed by atoms with Crippen LogP contribution in [0, 0.1) is 29.7 Å². The molecule has 0 unspecified atom stereocenters. The third kappa shape index (κ3) is 24.2. The first-order valence-electron chi connectivity index (χ1n) is 11.7. The molecule has 5 heteroatoms. The van der Waals surface area contributed by atoms with Gasteiger partial charge in [0.15, 0.2) is 0 Å². The normalized spacial score (nSPS) is 15.0. The fourth-order valence-electron chi connectivity index (χ4n) is 3.50. The van der Waals surface area contributed by atoms with E-state index >= 15 is 0 Å². The molecule has 0 N–H and O–H groups in total. The minimum atomic E-state index is 0. The van der Waals surface area contributed by atoms with Gasteiger partial charge in [0.2, 0.25) is 6.33 Å². The van der Waals surface area contributed by atoms with Crippen molar-refractivity contribution in [3.63, 3.8) is 0 Å². The smallest absolute Gasteiger partial charge is 0.243 e. The molecule has 1 aromatic heterocycles. The number of hydrogen-bond donors (Lipinski definition) is 0. The van der Waals surface area contributed by atoms with Crippen LogP contribution in [0.25, 0.3) is 0 Å². The van der Waals surface area contributed by atoms with Gasteiger partial charge in [0.05, 0.1) is 52.0 Å². The molecule has 212 valence electrons. The summed E-state index contributed by atoms with van der Waals surface area (Å²) in [7, 11) is 5.42. The summed E-state index contributed by atoms with van der Waals surface area (Å²) >= 11 is 0. The van der Waals surface area contributed by atoms with E-state index in [4.69, 9.17) is 9.47 Å². The van der Waals surface area contributed by atoms with E-state index in [0.717, 1.165) is 6.54 Å². The van der Waals surface area contributed by atoms with E-state index in [-0.39, 0.29) is 37.1 Å². The molecular formula is C29H67N3O2-2. The van der Waals surface area contributed by atoms with E-state index in [2.05, 4.69) is 24.0 Å². The van der Waals surface area contributed by atoms with Crippen molar-refractivity contribution >= 4 is 0 Å². The van der Waals surface area contributed by atoms with Crippen molar-refractivity contribution in [2.24, 2.45) is 7.05 Å². The van der Waals surface area contributed by atoms with Crippen molar-refractivity contribution in [1.29, 1.82) is 0 Å². The van der Waals surface area contributed by atoms with Crippen LogP contribution < -0.4 is 4.57 Å². The number of ether oxygens (including phenoxy) is 2. The van der Waals surface area contributed by atoms with E-state index < -0.39 is 0 Å². The third-order valence-corrected chi connectivity index (χ3v) is 5.66. The maximum Gasteiger partial charge on any atom is 0.243 e. The number of hydrogen-bond acceptors (Lipinski definition) is 2. The van der Waals surface area contributed by atoms with Gasteiger partial charge in [0, 0.05) is 14.2 Å². The summed E-state index contributed by atoms with van der Waals surface area (Å²) in [6, 6.07) is 0. The standard InChI is InChI=1S/C10H20N.C6H11N2.2C4H10O.CH4.4CH3/c1-3-7-11(8-4-1)9-5-2-6-10-11;1-3-8-5-4-7(2)6-8;2*1-4(2)5-3;;;;;/h1-10H2;4-6H,3H2,1-2H3;2*4H,1-3H3;1H4;4*1H3/q2*+1;;;;4*-1. The van der Waals surface area contributed by atoms with E-state index in [0.29, 0.717) is 12.2 Å². The van der Waals surface area contributed by atoms with Gasteiger partial charge in [-0.2, -0.15) is 0 Å². The molecule has 5 nitrogen and oxygen atoms in total. The summed E-state index contributed by atoms with van der Waals surface area (Å²) in [6.45, 7) is 17.2. The van der Waals surface area contributed by atoms with E-state index in [1.807, 2.05) is 45.5 Å². The Morgan fingerprint density at radius 2 is 1.09 bits per heavy atom. The summed E-state index contributed by atoms with van der Waals surface area (Å²) < 4.78 is 15.2. The lowest BCUT2D eigenvalue weighted by Crippen LogP contribution is -2.54. The molecule has 0 aliphatic carbocycles. The zero-order valence-electron chi connectivity index (χ0n) is 24.8. The van der Waals surface area contributed by atoms with Crippen molar-refractivity contribution in [2.45, 2.75) is 99.3 Å². The number of nitrogens with zero attached hydrogens (tertiary/aromatic N) is 3. The largest absolute Gasteiger partial charge is 0.382 e. The number of piperidine rings is 2. The Hall–Kier alpha value is -0.910. The van der Waals surface area contributed by atoms with Gasteiger partial charge in [0.1, 0.15) is 12.4 Å². The maximum absolute atomic E-state index is 4.75. The minimum absolute atomic E-state index is 0. The highest BCUT2D eigenvalue weighted by molar-refractivity contribution is 4.63. The van der Waals surface area contributed by atoms with Gasteiger partial charge < -0.3 is 43.7 Å². The highest BCUT2D eigenvalue weighted by Crippen LogP contribution is 2.24. The van der Waals surface area contributed by atoms with Gasteiger partial charge >= 0.3 is 0 Å². The number of rotatable bonds is 3. The molecular weight excluding hydrogens is 422 g/mol. The van der Waals surface area contributed by atoms with Crippen molar-refractivity contribution < 1.29 is 18.5 Å². The van der Waals surface area contributed by atoms with Gasteiger partial charge in [0.25, 0.3) is 0 Å². The van der Waals surface area contributed by atoms with Crippen LogP contribution in [0.15, 0.2) is 18.7 Å². The summed E-state index contributed by atoms with van der Waals surface area (Å²) in [5.74, 6) is 0. The summed E-state index contributed by atoms with van der Waals surface area (Å²) in [6.07, 6.45) is 15.9. The Bertz CT molecular complexity index is 448. The van der Waals surface area contributed by atoms with Crippen molar-refractivity contribution in [1.82, 2.24) is 4.57 Å². The lowest BCUT2D eigenvalue weighted by atomic mass is 10.0. The molecule has 0 atom stereocenters. The third-order valence-electron chi connectivity index (χ3n) is 5.66. The summed E-state index contributed by atoms with van der Waals surface area (Å²) in [5, 5.41) is 0. The van der Waals surface area contributed by atoms with Crippen LogP contribution in [-0.4, -0.2) is 61.7 Å². The van der Waals surface area contributed by atoms with Crippen LogP contribution in [0.3, 0.4) is 0 Å². The monoisotopic (exact) mass is 490 g/mol. The first-order chi connectivity index (χ1) is 13.8. The Balaban J connectivity index is -0.0000000774. The lowest BCUT2D eigenvalue weighted by Gasteiger charge is -2.44. The quantitative estimate of drug-likeness (QED) is 0.259. The number of methoxy groups -OCH3 is 2. The average molecular weight is 490 g/mol. The molecule has 0 bridgehead atoms. The number of quaternary nitrogens is 1. The van der Waals surface area contributed by atoms with Crippen LogP contribution in [0.5, 0.6) is 0 Å². The molecule has 3 heterocycles. The van der Waals surface area contributed by atoms with Gasteiger partial charge in [-0.25, -0.2) is 9.13 Å². The molecule has 2 aliphatic heterocycles. The molecule has 2 fully saturated rings. The van der Waals surface area contributed by atoms with Gasteiger partial charge in [-0.3, -0.25) is 0 Å². The first kappa shape index (κ1) is 46.4. The zero-order chi connectivity index (χ0) is 22.1. The Morgan fingerprint density at radius 1 is 0.765 bits per heavy atom. The second-order valence-corrected chi connectivity index (χ2v) is 8.84. The minimum Gasteiger partial charge on any atom is -0.382 e. The van der Waals surface area contributed by atoms with Crippen molar-refractivity contribution in [3.8, 4) is 0 Å². The Kier molecular flexibility index (Phi) is 38.7. The fraction of sp³-hybridized carbons (Fsp3) is 0.759. The van der Waals surface area contributed by atoms with Gasteiger partial charge in [-0.05, 0) is 73.1 Å². The molecule has 1 spiro atoms. The van der Waals surface area contributed by atoms with Gasteiger partial charge in [-0.1, -0.05) is 7.43 Å². The second-order valence-electron chi connectivity index (χ2n) is 8.84. The lowest BCUT2D eigenvalue weighted by molar-refractivity contribution is -0.936. The number of imidazole rings is 1. The highest BCUT2D eigenvalue weighted by atomic mass is 16.5. The maximum atomic E-state index is 4.75. The highest BCUT2D eigenvalue weighted by Gasteiger charge is 2.30. The Labute approximate surface area is 218 Å². The molecule has 1 aromatic rings. The predicted molar refractivity (Wildman–Crippen MR) is 155 cm³/mol. The molecule has 0 radical (unpaired) electrons. The molecule has 0 saturated carbocycles. The molecule has 2 aliphatic rings. The zero-order valence-corrected chi connectivity index (χ0v) is 24.8. The average Bonchev–Trinajstić information content (AvgIpc) is 3.16. The number of aromatic nitrogens is 2. The van der Waals surface area contributed by atoms with Crippen LogP contribution >= 0.6 is 0 Å². The van der Waals surface area contributed by atoms with E-state index in [1.54, 1.807) is 14.2 Å². The van der Waals surface area contributed by atoms with Gasteiger partial charge in [-0.15, -0.1) is 0 Å². The second kappa shape index (κ2) is 28.3. The molecule has 0 amide bonds. The summed E-state index contributed by atoms with van der Waals surface area (Å²) in [4.78, 5) is 0. The SMILES string of the molecule is C.C1CC[N+]2(CC1)CCCCC2.CCn1cc[n+](C)c1.COC(C)C.COC(C)C.[CH3-].[CH3-].[CH3-].[CH3-]. The Morgan fingerprint density at radius 3 is 1.26 bits per heavy atom. The number of aryl methyl sites for hydroxylation is 2. The molecule has 0 aromatic carbocycles. The van der Waals surface area contributed by atoms with E-state index in [9.17, 15) is 0 Å². The fourth-order valence-corrected chi connectivity index (χ4v) is 3.50. The molecule has 2 saturated heterocycles. The molecule has 34 heavy (non-hydrogen) atoms. The van der Waals surface area contributed by atoms with Crippen LogP contribution in [0.2, 0.25) is 0 Å². The van der Waals surface area contributed by atoms with Crippen LogP contribution in [0.4, 0.5) is 0 Å². The van der Waals surface area contributed by atoms with Crippen molar-refractivity contribution in [2.75, 3.05) is 40.4 Å². The topological polar surface area (TPSA) is 27.3 Å². The first-order valence-corrected chi connectivity index (χ1v) is 11.7. The van der Waals surface area contributed by atoms with E-state index in [1.165, 1.54) is 69.2 Å². The van der Waals surface area contributed by atoms with Crippen molar-refractivity contribution in [3.05, 3.63) is 48.4 Å². The van der Waals surface area contributed by atoms with Crippen LogP contribution in [-0.2, 0) is 23.1 Å². The summed E-state index contributed by atoms with van der Waals surface area (Å²) in [5.41, 5.74) is 0. The molecule has 3 rings (SSSR count).